The van der Waals surface area contributed by atoms with E-state index in [1.165, 1.54) is 39.3 Å². The monoisotopic (exact) mass is 428 g/mol. The van der Waals surface area contributed by atoms with E-state index in [1.54, 1.807) is 0 Å². The van der Waals surface area contributed by atoms with Crippen LogP contribution in [0.5, 0.6) is 5.75 Å². The van der Waals surface area contributed by atoms with Crippen LogP contribution in [-0.4, -0.2) is 34.0 Å². The number of pyridine rings is 1. The van der Waals surface area contributed by atoms with E-state index in [-0.39, 0.29) is 27.8 Å². The van der Waals surface area contributed by atoms with Crippen LogP contribution in [0.3, 0.4) is 0 Å². The minimum absolute atomic E-state index is 0.0366. The summed E-state index contributed by atoms with van der Waals surface area (Å²) in [5.74, 6) is -1.27. The van der Waals surface area contributed by atoms with E-state index in [2.05, 4.69) is 9.97 Å². The van der Waals surface area contributed by atoms with Gasteiger partial charge in [-0.2, -0.15) is 17.6 Å². The number of aromatic nitrogens is 2. The summed E-state index contributed by atoms with van der Waals surface area (Å²) in [4.78, 5) is 6.08. The Kier molecular flexibility index (Phi) is 5.53. The number of nitrogens with one attached hydrogen (secondary N) is 1. The summed E-state index contributed by atoms with van der Waals surface area (Å²) in [6.07, 6.45) is -4.28. The fourth-order valence-corrected chi connectivity index (χ4v) is 3.83. The van der Waals surface area contributed by atoms with Crippen molar-refractivity contribution >= 4 is 10.9 Å². The number of halogens is 5. The third-order valence-corrected chi connectivity index (χ3v) is 5.27. The average molecular weight is 428 g/mol. The second kappa shape index (κ2) is 7.54. The van der Waals surface area contributed by atoms with Crippen molar-refractivity contribution in [1.29, 1.82) is 0 Å². The molecular weight excluding hydrogens is 407 g/mol. The standard InChI is InChI=1S/C21H21F5N2O2/c1-19(2,15-8-13(22)4-5-16(15)30-3)11-20(29,21(24,25)26)9-12-10-28-18(23)17-14(12)6-7-27-17/h4-8,10,27,29H,9,11H2,1-3H3. The fraction of sp³-hybridized carbons (Fsp3) is 0.381. The molecule has 9 heteroatoms. The molecule has 0 saturated carbocycles. The van der Waals surface area contributed by atoms with Gasteiger partial charge in [0.25, 0.3) is 0 Å². The van der Waals surface area contributed by atoms with Gasteiger partial charge < -0.3 is 14.8 Å². The molecule has 0 bridgehead atoms. The van der Waals surface area contributed by atoms with Crippen LogP contribution in [0, 0.1) is 11.8 Å². The van der Waals surface area contributed by atoms with Gasteiger partial charge in [0.2, 0.25) is 5.95 Å². The first kappa shape index (κ1) is 22.0. The van der Waals surface area contributed by atoms with Crippen LogP contribution in [0.25, 0.3) is 10.9 Å². The van der Waals surface area contributed by atoms with Gasteiger partial charge in [-0.05, 0) is 41.7 Å². The highest BCUT2D eigenvalue weighted by molar-refractivity contribution is 5.82. The SMILES string of the molecule is COc1ccc(F)cc1C(C)(C)CC(O)(Cc1cnc(F)c2[nH]ccc12)C(F)(F)F. The van der Waals surface area contributed by atoms with Crippen molar-refractivity contribution in [3.05, 3.63) is 59.6 Å². The first-order valence-corrected chi connectivity index (χ1v) is 9.11. The number of rotatable bonds is 6. The second-order valence-electron chi connectivity index (χ2n) is 7.95. The van der Waals surface area contributed by atoms with Crippen molar-refractivity contribution in [3.63, 3.8) is 0 Å². The summed E-state index contributed by atoms with van der Waals surface area (Å²) in [5.41, 5.74) is -4.31. The Hall–Kier alpha value is -2.68. The lowest BCUT2D eigenvalue weighted by Gasteiger charge is -2.38. The normalized spacial score (nSPS) is 14.7. The Morgan fingerprint density at radius 1 is 1.13 bits per heavy atom. The fourth-order valence-electron chi connectivity index (χ4n) is 3.83. The van der Waals surface area contributed by atoms with E-state index in [9.17, 15) is 27.1 Å². The van der Waals surface area contributed by atoms with Crippen LogP contribution >= 0.6 is 0 Å². The number of aliphatic hydroxyl groups is 1. The summed E-state index contributed by atoms with van der Waals surface area (Å²) in [7, 11) is 1.33. The van der Waals surface area contributed by atoms with Crippen LogP contribution in [0.4, 0.5) is 22.0 Å². The smallest absolute Gasteiger partial charge is 0.417 e. The van der Waals surface area contributed by atoms with Crippen molar-refractivity contribution in [3.8, 4) is 5.75 Å². The van der Waals surface area contributed by atoms with Gasteiger partial charge in [0, 0.05) is 29.8 Å². The molecule has 4 nitrogen and oxygen atoms in total. The number of ether oxygens (including phenoxy) is 1. The first-order chi connectivity index (χ1) is 13.9. The maximum atomic E-state index is 14.0. The summed E-state index contributed by atoms with van der Waals surface area (Å²) < 4.78 is 74.9. The predicted molar refractivity (Wildman–Crippen MR) is 101 cm³/mol. The molecule has 0 amide bonds. The lowest BCUT2D eigenvalue weighted by atomic mass is 9.72. The molecule has 2 N–H and O–H groups in total. The maximum Gasteiger partial charge on any atom is 0.417 e. The molecule has 2 aromatic heterocycles. The van der Waals surface area contributed by atoms with Crippen molar-refractivity contribution in [1.82, 2.24) is 9.97 Å². The number of methoxy groups -OCH3 is 1. The topological polar surface area (TPSA) is 58.1 Å². The zero-order valence-corrected chi connectivity index (χ0v) is 16.6. The van der Waals surface area contributed by atoms with Gasteiger partial charge in [-0.3, -0.25) is 0 Å². The molecule has 0 spiro atoms. The molecule has 0 fully saturated rings. The molecule has 0 aliphatic rings. The second-order valence-corrected chi connectivity index (χ2v) is 7.95. The Morgan fingerprint density at radius 2 is 1.83 bits per heavy atom. The van der Waals surface area contributed by atoms with E-state index >= 15 is 0 Å². The minimum Gasteiger partial charge on any atom is -0.496 e. The van der Waals surface area contributed by atoms with Gasteiger partial charge in [-0.25, -0.2) is 9.37 Å². The van der Waals surface area contributed by atoms with Crippen molar-refractivity contribution in [2.45, 2.75) is 43.9 Å². The summed E-state index contributed by atoms with van der Waals surface area (Å²) in [6, 6.07) is 4.99. The maximum absolute atomic E-state index is 14.0. The number of benzene rings is 1. The van der Waals surface area contributed by atoms with E-state index < -0.39 is 41.8 Å². The molecule has 2 heterocycles. The molecule has 1 unspecified atom stereocenters. The number of hydrogen-bond donors (Lipinski definition) is 2. The molecule has 0 radical (unpaired) electrons. The Labute approximate surface area is 169 Å². The van der Waals surface area contributed by atoms with Crippen LogP contribution in [0.1, 0.15) is 31.4 Å². The quantitative estimate of drug-likeness (QED) is 0.427. The van der Waals surface area contributed by atoms with Crippen molar-refractivity contribution in [2.75, 3.05) is 7.11 Å². The zero-order valence-electron chi connectivity index (χ0n) is 16.6. The number of alkyl halides is 3. The number of hydrogen-bond acceptors (Lipinski definition) is 3. The molecule has 0 aliphatic carbocycles. The summed E-state index contributed by atoms with van der Waals surface area (Å²) in [6.45, 7) is 2.94. The number of aromatic amines is 1. The highest BCUT2D eigenvalue weighted by Gasteiger charge is 2.56. The van der Waals surface area contributed by atoms with E-state index in [1.807, 2.05) is 0 Å². The van der Waals surface area contributed by atoms with Crippen LogP contribution in [0.2, 0.25) is 0 Å². The van der Waals surface area contributed by atoms with Gasteiger partial charge in [0.15, 0.2) is 5.60 Å². The predicted octanol–water partition coefficient (Wildman–Crippen LogP) is 5.05. The minimum atomic E-state index is -5.01. The zero-order chi connectivity index (χ0) is 22.3. The summed E-state index contributed by atoms with van der Waals surface area (Å²) in [5, 5.41) is 11.0. The Morgan fingerprint density at radius 3 is 2.47 bits per heavy atom. The van der Waals surface area contributed by atoms with E-state index in [0.717, 1.165) is 18.3 Å². The van der Waals surface area contributed by atoms with E-state index in [0.29, 0.717) is 0 Å². The molecule has 162 valence electrons. The highest BCUT2D eigenvalue weighted by Crippen LogP contribution is 2.45. The molecular formula is C21H21F5N2O2. The molecule has 1 atom stereocenters. The lowest BCUT2D eigenvalue weighted by Crippen LogP contribution is -2.51. The average Bonchev–Trinajstić information content (AvgIpc) is 3.14. The van der Waals surface area contributed by atoms with Gasteiger partial charge in [0.05, 0.1) is 7.11 Å². The Balaban J connectivity index is 2.05. The lowest BCUT2D eigenvalue weighted by molar-refractivity contribution is -0.266. The van der Waals surface area contributed by atoms with Gasteiger partial charge in [-0.15, -0.1) is 0 Å². The van der Waals surface area contributed by atoms with Crippen LogP contribution < -0.4 is 4.74 Å². The van der Waals surface area contributed by atoms with Gasteiger partial charge in [-0.1, -0.05) is 13.8 Å². The van der Waals surface area contributed by atoms with Crippen molar-refractivity contribution in [2.24, 2.45) is 0 Å². The van der Waals surface area contributed by atoms with Crippen molar-refractivity contribution < 1.29 is 31.8 Å². The third-order valence-electron chi connectivity index (χ3n) is 5.27. The van der Waals surface area contributed by atoms with Crippen LogP contribution in [-0.2, 0) is 11.8 Å². The van der Waals surface area contributed by atoms with Gasteiger partial charge >= 0.3 is 6.18 Å². The first-order valence-electron chi connectivity index (χ1n) is 9.11. The Bertz CT molecular complexity index is 1060. The van der Waals surface area contributed by atoms with E-state index in [4.69, 9.17) is 4.74 Å². The highest BCUT2D eigenvalue weighted by atomic mass is 19.4. The third kappa shape index (κ3) is 3.98. The number of nitrogens with zero attached hydrogens (tertiary/aromatic N) is 1. The number of fused-ring (bicyclic) bond motifs is 1. The largest absolute Gasteiger partial charge is 0.496 e. The molecule has 3 aromatic rings. The molecule has 0 saturated heterocycles. The van der Waals surface area contributed by atoms with Crippen LogP contribution in [0.15, 0.2) is 36.7 Å². The summed E-state index contributed by atoms with van der Waals surface area (Å²) >= 11 is 0. The molecule has 1 aromatic carbocycles. The number of H-pyrrole nitrogens is 1. The van der Waals surface area contributed by atoms with Gasteiger partial charge in [0.1, 0.15) is 17.1 Å². The molecule has 0 aliphatic heterocycles. The molecule has 30 heavy (non-hydrogen) atoms. The molecule has 3 rings (SSSR count).